The van der Waals surface area contributed by atoms with E-state index in [1.165, 1.54) is 18.2 Å². The number of hydrogen-bond acceptors (Lipinski definition) is 6. The van der Waals surface area contributed by atoms with Crippen LogP contribution in [0.4, 0.5) is 4.79 Å². The lowest BCUT2D eigenvalue weighted by atomic mass is 10.2. The van der Waals surface area contributed by atoms with Gasteiger partial charge in [0.1, 0.15) is 5.60 Å². The molecule has 0 aliphatic heterocycles. The molecule has 1 heterocycles. The van der Waals surface area contributed by atoms with Crippen LogP contribution in [0.2, 0.25) is 0 Å². The quantitative estimate of drug-likeness (QED) is 0.749. The maximum atomic E-state index is 12.0. The van der Waals surface area contributed by atoms with Gasteiger partial charge in [0.2, 0.25) is 6.39 Å². The van der Waals surface area contributed by atoms with E-state index in [0.717, 1.165) is 6.42 Å². The van der Waals surface area contributed by atoms with Crippen LogP contribution in [0.5, 0.6) is 0 Å². The van der Waals surface area contributed by atoms with Gasteiger partial charge in [-0.15, -0.1) is 10.2 Å². The van der Waals surface area contributed by atoms with Crippen molar-refractivity contribution in [2.24, 2.45) is 0 Å². The number of carbonyl (C=O) groups excluding carboxylic acids is 1. The van der Waals surface area contributed by atoms with Gasteiger partial charge in [-0.25, -0.2) is 4.79 Å². The van der Waals surface area contributed by atoms with Crippen molar-refractivity contribution in [2.75, 3.05) is 18.8 Å². The summed E-state index contributed by atoms with van der Waals surface area (Å²) >= 11 is 1.43. The molecular weight excluding hydrogens is 266 g/mol. The number of amides is 1. The summed E-state index contributed by atoms with van der Waals surface area (Å²) in [5.41, 5.74) is -0.470. The highest BCUT2D eigenvalue weighted by Crippen LogP contribution is 2.15. The Kier molecular flexibility index (Phi) is 6.14. The van der Waals surface area contributed by atoms with Gasteiger partial charge < -0.3 is 14.1 Å². The highest BCUT2D eigenvalue weighted by atomic mass is 32.2. The highest BCUT2D eigenvalue weighted by molar-refractivity contribution is 7.99. The standard InChI is InChI=1S/C12H21N3O3S/c1-5-6-15(11(16)18-12(2,3)4)7-8-19-10-14-13-9-17-10/h9H,5-8H2,1-4H3. The minimum atomic E-state index is -0.470. The van der Waals surface area contributed by atoms with Crippen molar-refractivity contribution in [3.8, 4) is 0 Å². The molecule has 0 spiro atoms. The zero-order valence-electron chi connectivity index (χ0n) is 11.9. The predicted molar refractivity (Wildman–Crippen MR) is 73.1 cm³/mol. The number of ether oxygens (including phenoxy) is 1. The first-order valence-electron chi connectivity index (χ1n) is 6.29. The number of hydrogen-bond donors (Lipinski definition) is 0. The smallest absolute Gasteiger partial charge is 0.410 e. The third-order valence-corrected chi connectivity index (χ3v) is 2.88. The van der Waals surface area contributed by atoms with E-state index in [9.17, 15) is 4.79 Å². The summed E-state index contributed by atoms with van der Waals surface area (Å²) in [6.07, 6.45) is 1.91. The van der Waals surface area contributed by atoms with Crippen molar-refractivity contribution < 1.29 is 13.9 Å². The highest BCUT2D eigenvalue weighted by Gasteiger charge is 2.21. The molecule has 0 atom stereocenters. The molecule has 0 fully saturated rings. The summed E-state index contributed by atoms with van der Waals surface area (Å²) < 4.78 is 10.4. The molecule has 0 radical (unpaired) electrons. The second-order valence-electron chi connectivity index (χ2n) is 5.02. The minimum absolute atomic E-state index is 0.277. The van der Waals surface area contributed by atoms with Gasteiger partial charge >= 0.3 is 6.09 Å². The Labute approximate surface area is 117 Å². The molecule has 0 bridgehead atoms. The van der Waals surface area contributed by atoms with Crippen LogP contribution in [-0.2, 0) is 4.74 Å². The molecule has 1 rings (SSSR count). The van der Waals surface area contributed by atoms with Crippen molar-refractivity contribution >= 4 is 17.9 Å². The fraction of sp³-hybridized carbons (Fsp3) is 0.750. The number of aromatic nitrogens is 2. The van der Waals surface area contributed by atoms with E-state index in [0.29, 0.717) is 24.1 Å². The second-order valence-corrected chi connectivity index (χ2v) is 6.07. The van der Waals surface area contributed by atoms with Crippen molar-refractivity contribution in [3.05, 3.63) is 6.39 Å². The lowest BCUT2D eigenvalue weighted by molar-refractivity contribution is 0.0262. The Morgan fingerprint density at radius 2 is 2.21 bits per heavy atom. The summed E-state index contributed by atoms with van der Waals surface area (Å²) in [6.45, 7) is 8.89. The molecule has 0 N–H and O–H groups in total. The third kappa shape index (κ3) is 6.47. The number of nitrogens with zero attached hydrogens (tertiary/aromatic N) is 3. The molecule has 0 unspecified atom stereocenters. The molecule has 0 saturated heterocycles. The van der Waals surface area contributed by atoms with Gasteiger partial charge in [-0.2, -0.15) is 0 Å². The van der Waals surface area contributed by atoms with E-state index in [2.05, 4.69) is 10.2 Å². The predicted octanol–water partition coefficient (Wildman–Crippen LogP) is 2.81. The van der Waals surface area contributed by atoms with Gasteiger partial charge in [0.05, 0.1) is 0 Å². The molecule has 7 heteroatoms. The summed E-state index contributed by atoms with van der Waals surface area (Å²) in [4.78, 5) is 13.7. The normalized spacial score (nSPS) is 11.4. The van der Waals surface area contributed by atoms with Gasteiger partial charge in [0.25, 0.3) is 5.22 Å². The van der Waals surface area contributed by atoms with Crippen LogP contribution in [0.25, 0.3) is 0 Å². The van der Waals surface area contributed by atoms with Gasteiger partial charge in [-0.1, -0.05) is 18.7 Å². The molecule has 0 saturated carbocycles. The van der Waals surface area contributed by atoms with E-state index in [-0.39, 0.29) is 6.09 Å². The Hall–Kier alpha value is -1.24. The lowest BCUT2D eigenvalue weighted by Crippen LogP contribution is -2.38. The second kappa shape index (κ2) is 7.37. The van der Waals surface area contributed by atoms with Crippen LogP contribution in [0.3, 0.4) is 0 Å². The Bertz CT molecular complexity index is 376. The first kappa shape index (κ1) is 15.8. The fourth-order valence-electron chi connectivity index (χ4n) is 1.36. The fourth-order valence-corrected chi connectivity index (χ4v) is 2.06. The lowest BCUT2D eigenvalue weighted by Gasteiger charge is -2.26. The van der Waals surface area contributed by atoms with E-state index in [1.807, 2.05) is 27.7 Å². The van der Waals surface area contributed by atoms with Crippen molar-refractivity contribution in [1.82, 2.24) is 15.1 Å². The molecule has 0 aliphatic rings. The Balaban J connectivity index is 2.41. The molecule has 0 aliphatic carbocycles. The van der Waals surface area contributed by atoms with Crippen LogP contribution in [0, 0.1) is 0 Å². The summed E-state index contributed by atoms with van der Waals surface area (Å²) in [6, 6.07) is 0. The van der Waals surface area contributed by atoms with Crippen molar-refractivity contribution in [3.63, 3.8) is 0 Å². The van der Waals surface area contributed by atoms with Crippen LogP contribution < -0.4 is 0 Å². The largest absolute Gasteiger partial charge is 0.444 e. The van der Waals surface area contributed by atoms with Crippen molar-refractivity contribution in [1.29, 1.82) is 0 Å². The maximum absolute atomic E-state index is 12.0. The van der Waals surface area contributed by atoms with Gasteiger partial charge in [0.15, 0.2) is 0 Å². The van der Waals surface area contributed by atoms with E-state index >= 15 is 0 Å². The molecule has 1 aromatic rings. The minimum Gasteiger partial charge on any atom is -0.444 e. The third-order valence-electron chi connectivity index (χ3n) is 2.07. The van der Waals surface area contributed by atoms with Gasteiger partial charge in [-0.3, -0.25) is 0 Å². The topological polar surface area (TPSA) is 68.5 Å². The van der Waals surface area contributed by atoms with Crippen LogP contribution in [-0.4, -0.2) is 45.6 Å². The average molecular weight is 287 g/mol. The van der Waals surface area contributed by atoms with E-state index in [1.54, 1.807) is 4.90 Å². The van der Waals surface area contributed by atoms with Crippen molar-refractivity contribution in [2.45, 2.75) is 44.9 Å². The first-order valence-corrected chi connectivity index (χ1v) is 7.28. The van der Waals surface area contributed by atoms with E-state index in [4.69, 9.17) is 9.15 Å². The summed E-state index contributed by atoms with van der Waals surface area (Å²) in [5, 5.41) is 7.89. The summed E-state index contributed by atoms with van der Waals surface area (Å²) in [7, 11) is 0. The monoisotopic (exact) mass is 287 g/mol. The zero-order valence-corrected chi connectivity index (χ0v) is 12.7. The van der Waals surface area contributed by atoms with Gasteiger partial charge in [-0.05, 0) is 27.2 Å². The number of thioether (sulfide) groups is 1. The van der Waals surface area contributed by atoms with Crippen LogP contribution in [0.1, 0.15) is 34.1 Å². The number of carbonyl (C=O) groups is 1. The first-order chi connectivity index (χ1) is 8.92. The maximum Gasteiger partial charge on any atom is 0.410 e. The molecule has 1 aromatic heterocycles. The van der Waals surface area contributed by atoms with Crippen LogP contribution >= 0.6 is 11.8 Å². The molecule has 6 nitrogen and oxygen atoms in total. The van der Waals surface area contributed by atoms with Gasteiger partial charge in [0, 0.05) is 18.8 Å². The molecule has 108 valence electrons. The zero-order chi connectivity index (χ0) is 14.3. The summed E-state index contributed by atoms with van der Waals surface area (Å²) in [5.74, 6) is 0.696. The SMILES string of the molecule is CCCN(CCSc1nnco1)C(=O)OC(C)(C)C. The Morgan fingerprint density at radius 3 is 2.74 bits per heavy atom. The number of rotatable bonds is 6. The average Bonchev–Trinajstić information content (AvgIpc) is 2.78. The van der Waals surface area contributed by atoms with Crippen LogP contribution in [0.15, 0.2) is 16.0 Å². The Morgan fingerprint density at radius 1 is 1.47 bits per heavy atom. The molecule has 1 amide bonds. The molecule has 19 heavy (non-hydrogen) atoms. The van der Waals surface area contributed by atoms with E-state index < -0.39 is 5.60 Å². The molecule has 0 aromatic carbocycles. The molecular formula is C12H21N3O3S.